The molecular weight excluding hydrogens is 348 g/mol. The van der Waals surface area contributed by atoms with E-state index >= 15 is 0 Å². The number of rotatable bonds is 6. The molecule has 0 spiro atoms. The van der Waals surface area contributed by atoms with E-state index in [4.69, 9.17) is 16.0 Å². The molecule has 8 heteroatoms. The number of hydrogen-bond acceptors (Lipinski definition) is 5. The van der Waals surface area contributed by atoms with Crippen LogP contribution < -0.4 is 15.7 Å². The van der Waals surface area contributed by atoms with Crippen LogP contribution in [-0.2, 0) is 9.59 Å². The Morgan fingerprint density at radius 1 is 1.20 bits per heavy atom. The molecule has 0 saturated heterocycles. The van der Waals surface area contributed by atoms with Crippen molar-refractivity contribution in [3.05, 3.63) is 64.7 Å². The smallest absolute Gasteiger partial charge is 0.291 e. The van der Waals surface area contributed by atoms with Crippen molar-refractivity contribution in [2.45, 2.75) is 13.0 Å². The maximum atomic E-state index is 12.3. The van der Waals surface area contributed by atoms with Crippen molar-refractivity contribution in [2.24, 2.45) is 0 Å². The molecule has 2 amide bonds. The van der Waals surface area contributed by atoms with Gasteiger partial charge in [0.25, 0.3) is 11.8 Å². The Morgan fingerprint density at radius 3 is 2.44 bits per heavy atom. The second-order valence-corrected chi connectivity index (χ2v) is 5.49. The van der Waals surface area contributed by atoms with Crippen molar-refractivity contribution in [1.82, 2.24) is 10.6 Å². The molecule has 1 aromatic carbocycles. The number of aliphatic carboxylic acids is 1. The molecule has 2 aromatic rings. The fraction of sp³-hybridized carbons (Fsp3) is 0.118. The largest absolute Gasteiger partial charge is 0.548 e. The van der Waals surface area contributed by atoms with E-state index in [1.54, 1.807) is 24.3 Å². The molecule has 0 fully saturated rings. The van der Waals surface area contributed by atoms with E-state index in [0.717, 1.165) is 0 Å². The van der Waals surface area contributed by atoms with Crippen LogP contribution >= 0.6 is 11.6 Å². The predicted octanol–water partition coefficient (Wildman–Crippen LogP) is 0.959. The molecule has 2 N–H and O–H groups in total. The van der Waals surface area contributed by atoms with Crippen LogP contribution in [0.5, 0.6) is 0 Å². The lowest BCUT2D eigenvalue weighted by Gasteiger charge is -2.16. The van der Waals surface area contributed by atoms with E-state index in [1.807, 2.05) is 0 Å². The van der Waals surface area contributed by atoms with Gasteiger partial charge in [0.15, 0.2) is 5.76 Å². The average molecular weight is 362 g/mol. The summed E-state index contributed by atoms with van der Waals surface area (Å²) >= 11 is 5.81. The summed E-state index contributed by atoms with van der Waals surface area (Å²) in [6, 6.07) is 8.21. The number of amides is 2. The quantitative estimate of drug-likeness (QED) is 0.744. The average Bonchev–Trinajstić information content (AvgIpc) is 3.10. The summed E-state index contributed by atoms with van der Waals surface area (Å²) in [7, 11) is 0. The van der Waals surface area contributed by atoms with Crippen LogP contribution in [-0.4, -0.2) is 23.8 Å². The van der Waals surface area contributed by atoms with Crippen LogP contribution in [0.2, 0.25) is 5.02 Å². The first-order valence-corrected chi connectivity index (χ1v) is 7.58. The van der Waals surface area contributed by atoms with Crippen LogP contribution in [0.1, 0.15) is 23.0 Å². The molecule has 1 atom stereocenters. The lowest BCUT2D eigenvalue weighted by Crippen LogP contribution is -2.48. The lowest BCUT2D eigenvalue weighted by molar-refractivity contribution is -0.307. The van der Waals surface area contributed by atoms with Crippen LogP contribution in [0.3, 0.4) is 0 Å². The Hall–Kier alpha value is -3.06. The summed E-state index contributed by atoms with van der Waals surface area (Å²) < 4.78 is 4.97. The Morgan fingerprint density at radius 2 is 1.88 bits per heavy atom. The van der Waals surface area contributed by atoms with Crippen molar-refractivity contribution in [3.8, 4) is 0 Å². The Bertz CT molecular complexity index is 797. The molecule has 0 aliphatic carbocycles. The minimum atomic E-state index is -1.45. The third kappa shape index (κ3) is 5.22. The van der Waals surface area contributed by atoms with Crippen molar-refractivity contribution >= 4 is 35.5 Å². The lowest BCUT2D eigenvalue weighted by atomic mass is 10.1. The number of carboxylic acids is 1. The van der Waals surface area contributed by atoms with Crippen molar-refractivity contribution in [2.75, 3.05) is 0 Å². The van der Waals surface area contributed by atoms with Gasteiger partial charge in [0.1, 0.15) is 5.70 Å². The van der Waals surface area contributed by atoms with Gasteiger partial charge in [0, 0.05) is 5.02 Å². The Kier molecular flexibility index (Phi) is 5.97. The summed E-state index contributed by atoms with van der Waals surface area (Å²) in [5.41, 5.74) is 0.423. The molecule has 2 rings (SSSR count). The zero-order valence-electron chi connectivity index (χ0n) is 13.1. The molecule has 0 aliphatic rings. The van der Waals surface area contributed by atoms with Crippen LogP contribution in [0.15, 0.2) is 52.8 Å². The third-order valence-corrected chi connectivity index (χ3v) is 3.37. The zero-order valence-corrected chi connectivity index (χ0v) is 13.9. The summed E-state index contributed by atoms with van der Waals surface area (Å²) in [6.07, 6.45) is 2.70. The van der Waals surface area contributed by atoms with E-state index in [0.29, 0.717) is 10.6 Å². The van der Waals surface area contributed by atoms with Crippen molar-refractivity contribution in [1.29, 1.82) is 0 Å². The summed E-state index contributed by atoms with van der Waals surface area (Å²) in [4.78, 5) is 35.2. The highest BCUT2D eigenvalue weighted by atomic mass is 35.5. The molecule has 0 unspecified atom stereocenters. The summed E-state index contributed by atoms with van der Waals surface area (Å²) in [5.74, 6) is -2.88. The third-order valence-electron chi connectivity index (χ3n) is 3.12. The van der Waals surface area contributed by atoms with Gasteiger partial charge < -0.3 is 25.0 Å². The van der Waals surface area contributed by atoms with E-state index in [-0.39, 0.29) is 11.5 Å². The molecule has 0 radical (unpaired) electrons. The van der Waals surface area contributed by atoms with E-state index in [1.165, 1.54) is 31.4 Å². The highest BCUT2D eigenvalue weighted by molar-refractivity contribution is 6.30. The summed E-state index contributed by atoms with van der Waals surface area (Å²) in [5, 5.41) is 15.9. The van der Waals surface area contributed by atoms with Gasteiger partial charge in [-0.25, -0.2) is 0 Å². The van der Waals surface area contributed by atoms with Gasteiger partial charge >= 0.3 is 0 Å². The molecule has 1 heterocycles. The number of carbonyl (C=O) groups excluding carboxylic acids is 3. The summed E-state index contributed by atoms with van der Waals surface area (Å²) in [6.45, 7) is 1.25. The van der Waals surface area contributed by atoms with Crippen LogP contribution in [0.4, 0.5) is 0 Å². The highest BCUT2D eigenvalue weighted by Gasteiger charge is 2.18. The molecule has 0 aliphatic heterocycles. The van der Waals surface area contributed by atoms with Gasteiger partial charge in [0.2, 0.25) is 0 Å². The number of hydrogen-bond donors (Lipinski definition) is 2. The van der Waals surface area contributed by atoms with Gasteiger partial charge in [0.05, 0.1) is 18.3 Å². The van der Waals surface area contributed by atoms with Crippen molar-refractivity contribution < 1.29 is 23.9 Å². The van der Waals surface area contributed by atoms with Crippen molar-refractivity contribution in [3.63, 3.8) is 0 Å². The maximum absolute atomic E-state index is 12.3. The second kappa shape index (κ2) is 8.16. The maximum Gasteiger partial charge on any atom is 0.291 e. The number of benzene rings is 1. The van der Waals surface area contributed by atoms with Gasteiger partial charge in [-0.05, 0) is 42.8 Å². The normalized spacial score (nSPS) is 12.3. The topological polar surface area (TPSA) is 111 Å². The van der Waals surface area contributed by atoms with E-state index in [2.05, 4.69) is 10.6 Å². The minimum Gasteiger partial charge on any atom is -0.548 e. The molecule has 0 saturated carbocycles. The molecule has 25 heavy (non-hydrogen) atoms. The molecule has 130 valence electrons. The van der Waals surface area contributed by atoms with Gasteiger partial charge in [-0.2, -0.15) is 0 Å². The fourth-order valence-corrected chi connectivity index (χ4v) is 1.94. The first-order chi connectivity index (χ1) is 11.9. The monoisotopic (exact) mass is 361 g/mol. The van der Waals surface area contributed by atoms with E-state index < -0.39 is 23.8 Å². The fourth-order valence-electron chi connectivity index (χ4n) is 1.81. The number of carbonyl (C=O) groups is 3. The van der Waals surface area contributed by atoms with Gasteiger partial charge in [-0.1, -0.05) is 23.7 Å². The van der Waals surface area contributed by atoms with Gasteiger partial charge in [-0.15, -0.1) is 0 Å². The van der Waals surface area contributed by atoms with Crippen LogP contribution in [0, 0.1) is 0 Å². The minimum absolute atomic E-state index is 0.00255. The first kappa shape index (κ1) is 18.3. The number of carboxylic acid groups (broad SMARTS) is 1. The molecule has 1 aromatic heterocycles. The first-order valence-electron chi connectivity index (χ1n) is 7.20. The highest BCUT2D eigenvalue weighted by Crippen LogP contribution is 2.12. The second-order valence-electron chi connectivity index (χ2n) is 5.06. The standard InChI is InChI=1S/C17H15ClN2O5/c1-10(17(23)24)19-15(21)13(9-11-4-6-12(18)7-5-11)20-16(22)14-3-2-8-25-14/h2-10H,1H3,(H,19,21)(H,20,22)(H,23,24)/p-1/b13-9-/t10-/m1/s1. The van der Waals surface area contributed by atoms with Gasteiger partial charge in [-0.3, -0.25) is 9.59 Å². The number of furan rings is 1. The predicted molar refractivity (Wildman–Crippen MR) is 88.2 cm³/mol. The number of nitrogens with one attached hydrogen (secondary N) is 2. The zero-order chi connectivity index (χ0) is 18.4. The Labute approximate surface area is 148 Å². The number of halogens is 1. The Balaban J connectivity index is 2.26. The SMILES string of the molecule is C[C@@H](NC(=O)/C(=C/c1ccc(Cl)cc1)NC(=O)c1ccco1)C(=O)[O-]. The van der Waals surface area contributed by atoms with E-state index in [9.17, 15) is 19.5 Å². The molecular formula is C17H14ClN2O5-. The molecule has 0 bridgehead atoms. The van der Waals surface area contributed by atoms with Crippen LogP contribution in [0.25, 0.3) is 6.08 Å². The molecule has 7 nitrogen and oxygen atoms in total.